The van der Waals surface area contributed by atoms with Crippen LogP contribution in [0.2, 0.25) is 5.02 Å². The van der Waals surface area contributed by atoms with Gasteiger partial charge in [0, 0.05) is 29.4 Å². The van der Waals surface area contributed by atoms with E-state index in [1.807, 2.05) is 4.68 Å². The van der Waals surface area contributed by atoms with E-state index in [-0.39, 0.29) is 18.4 Å². The zero-order valence-corrected chi connectivity index (χ0v) is 16.6. The summed E-state index contributed by atoms with van der Waals surface area (Å²) < 4.78 is 15.3. The fourth-order valence-corrected chi connectivity index (χ4v) is 3.47. The first-order valence-electron chi connectivity index (χ1n) is 9.61. The number of aryl methyl sites for hydroxylation is 2. The van der Waals surface area contributed by atoms with Gasteiger partial charge in [-0.3, -0.25) is 4.90 Å². The molecule has 8 heteroatoms. The average Bonchev–Trinajstić information content (AvgIpc) is 2.97. The third-order valence-corrected chi connectivity index (χ3v) is 5.09. The first kappa shape index (κ1) is 19.4. The van der Waals surface area contributed by atoms with Crippen molar-refractivity contribution < 1.29 is 9.18 Å². The fourth-order valence-electron chi connectivity index (χ4n) is 3.35. The van der Waals surface area contributed by atoms with Crippen molar-refractivity contribution in [3.63, 3.8) is 0 Å². The van der Waals surface area contributed by atoms with Crippen molar-refractivity contribution >= 4 is 29.0 Å². The molecule has 1 N–H and O–H groups in total. The van der Waals surface area contributed by atoms with Gasteiger partial charge in [0.15, 0.2) is 5.82 Å². The van der Waals surface area contributed by atoms with Crippen LogP contribution in [0, 0.1) is 5.82 Å². The molecule has 0 saturated carbocycles. The minimum Gasteiger partial charge on any atom is -0.308 e. The number of fused-ring (bicyclic) bond motifs is 1. The topological polar surface area (TPSA) is 63.1 Å². The Labute approximate surface area is 173 Å². The summed E-state index contributed by atoms with van der Waals surface area (Å²) >= 11 is 5.91. The van der Waals surface area contributed by atoms with Crippen LogP contribution in [0.5, 0.6) is 0 Å². The van der Waals surface area contributed by atoms with Gasteiger partial charge in [0.1, 0.15) is 11.6 Å². The third-order valence-electron chi connectivity index (χ3n) is 4.84. The van der Waals surface area contributed by atoms with Crippen molar-refractivity contribution in [2.75, 3.05) is 10.2 Å². The molecule has 0 saturated heterocycles. The Bertz CT molecular complexity index is 964. The molecular formula is C21H21ClFN5O. The number of carbonyl (C=O) groups excluding carboxylic acids is 1. The normalized spacial score (nSPS) is 13.4. The molecule has 2 amide bonds. The standard InChI is InChI=1S/C21H21ClFN5O/c22-15-5-9-17(10-6-15)24-21(29)27(18-11-7-16(23)8-12-18)14-19-25-20-4-2-1-3-13-28(20)26-19/h5-12H,1-4,13-14H2,(H,24,29). The molecule has 0 aliphatic carbocycles. The zero-order chi connectivity index (χ0) is 20.2. The Morgan fingerprint density at radius 2 is 1.86 bits per heavy atom. The van der Waals surface area contributed by atoms with Crippen LogP contribution in [0.25, 0.3) is 0 Å². The lowest BCUT2D eigenvalue weighted by Crippen LogP contribution is -2.35. The lowest BCUT2D eigenvalue weighted by Gasteiger charge is -2.22. The molecule has 1 aliphatic heterocycles. The van der Waals surface area contributed by atoms with Crippen molar-refractivity contribution in [1.29, 1.82) is 0 Å². The molecule has 2 aromatic carbocycles. The molecule has 4 rings (SSSR count). The second kappa shape index (κ2) is 8.61. The maximum absolute atomic E-state index is 13.4. The molecule has 0 unspecified atom stereocenters. The molecule has 150 valence electrons. The van der Waals surface area contributed by atoms with E-state index >= 15 is 0 Å². The predicted molar refractivity (Wildman–Crippen MR) is 111 cm³/mol. The highest BCUT2D eigenvalue weighted by Crippen LogP contribution is 2.21. The molecule has 29 heavy (non-hydrogen) atoms. The van der Waals surface area contributed by atoms with E-state index in [4.69, 9.17) is 11.6 Å². The number of nitrogens with one attached hydrogen (secondary N) is 1. The molecule has 1 aliphatic rings. The first-order valence-corrected chi connectivity index (χ1v) is 9.98. The summed E-state index contributed by atoms with van der Waals surface area (Å²) in [5.41, 5.74) is 1.17. The summed E-state index contributed by atoms with van der Waals surface area (Å²) in [6.07, 6.45) is 4.23. The summed E-state index contributed by atoms with van der Waals surface area (Å²) in [6.45, 7) is 1.03. The highest BCUT2D eigenvalue weighted by Gasteiger charge is 2.21. The number of rotatable bonds is 4. The second-order valence-electron chi connectivity index (χ2n) is 6.98. The third kappa shape index (κ3) is 4.74. The quantitative estimate of drug-likeness (QED) is 0.652. The van der Waals surface area contributed by atoms with E-state index in [1.165, 1.54) is 23.5 Å². The molecule has 0 atom stereocenters. The highest BCUT2D eigenvalue weighted by atomic mass is 35.5. The highest BCUT2D eigenvalue weighted by molar-refractivity contribution is 6.30. The van der Waals surface area contributed by atoms with Crippen LogP contribution in [0.4, 0.5) is 20.6 Å². The summed E-state index contributed by atoms with van der Waals surface area (Å²) in [6, 6.07) is 12.3. The van der Waals surface area contributed by atoms with Gasteiger partial charge in [-0.2, -0.15) is 5.10 Å². The van der Waals surface area contributed by atoms with E-state index in [1.54, 1.807) is 36.4 Å². The average molecular weight is 414 g/mol. The van der Waals surface area contributed by atoms with E-state index < -0.39 is 0 Å². The van der Waals surface area contributed by atoms with Gasteiger partial charge in [-0.05, 0) is 61.4 Å². The van der Waals surface area contributed by atoms with Crippen LogP contribution in [0.3, 0.4) is 0 Å². The van der Waals surface area contributed by atoms with Gasteiger partial charge in [-0.15, -0.1) is 0 Å². The number of halogens is 2. The van der Waals surface area contributed by atoms with Crippen LogP contribution in [-0.4, -0.2) is 20.8 Å². The number of hydrogen-bond acceptors (Lipinski definition) is 3. The first-order chi connectivity index (χ1) is 14.1. The van der Waals surface area contributed by atoms with E-state index in [0.717, 1.165) is 31.6 Å². The minimum atomic E-state index is -0.362. The van der Waals surface area contributed by atoms with Gasteiger partial charge in [-0.1, -0.05) is 18.0 Å². The summed E-state index contributed by atoms with van der Waals surface area (Å²) in [4.78, 5) is 19.1. The Morgan fingerprint density at radius 1 is 1.10 bits per heavy atom. The Morgan fingerprint density at radius 3 is 2.62 bits per heavy atom. The smallest absolute Gasteiger partial charge is 0.308 e. The number of nitrogens with zero attached hydrogens (tertiary/aromatic N) is 4. The number of carbonyl (C=O) groups is 1. The maximum atomic E-state index is 13.4. The van der Waals surface area contributed by atoms with Crippen molar-refractivity contribution in [3.05, 3.63) is 71.0 Å². The molecule has 0 bridgehead atoms. The van der Waals surface area contributed by atoms with Gasteiger partial charge in [0.05, 0.1) is 6.54 Å². The van der Waals surface area contributed by atoms with Crippen molar-refractivity contribution in [2.24, 2.45) is 0 Å². The van der Waals surface area contributed by atoms with Gasteiger partial charge in [-0.25, -0.2) is 18.9 Å². The van der Waals surface area contributed by atoms with Gasteiger partial charge in [0.2, 0.25) is 0 Å². The largest absolute Gasteiger partial charge is 0.326 e. The SMILES string of the molecule is O=C(Nc1ccc(Cl)cc1)N(Cc1nc2n(n1)CCCCC2)c1ccc(F)cc1. The number of anilines is 2. The molecule has 1 aromatic heterocycles. The van der Waals surface area contributed by atoms with Crippen molar-refractivity contribution in [1.82, 2.24) is 14.8 Å². The van der Waals surface area contributed by atoms with Crippen LogP contribution in [0.15, 0.2) is 48.5 Å². The maximum Gasteiger partial charge on any atom is 0.326 e. The monoisotopic (exact) mass is 413 g/mol. The van der Waals surface area contributed by atoms with Gasteiger partial charge in [0.25, 0.3) is 0 Å². The molecule has 0 spiro atoms. The van der Waals surface area contributed by atoms with Crippen molar-refractivity contribution in [2.45, 2.75) is 38.8 Å². The molecule has 6 nitrogen and oxygen atoms in total. The second-order valence-corrected chi connectivity index (χ2v) is 7.41. The predicted octanol–water partition coefficient (Wildman–Crippen LogP) is 5.04. The minimum absolute atomic E-state index is 0.186. The van der Waals surface area contributed by atoms with E-state index in [0.29, 0.717) is 22.2 Å². The Kier molecular flexibility index (Phi) is 5.76. The van der Waals surface area contributed by atoms with Crippen LogP contribution in [-0.2, 0) is 19.5 Å². The van der Waals surface area contributed by atoms with Gasteiger partial charge >= 0.3 is 6.03 Å². The van der Waals surface area contributed by atoms with E-state index in [2.05, 4.69) is 15.4 Å². The molecule has 2 heterocycles. The lowest BCUT2D eigenvalue weighted by atomic mass is 10.2. The number of urea groups is 1. The fraction of sp³-hybridized carbons (Fsp3) is 0.286. The van der Waals surface area contributed by atoms with Crippen LogP contribution in [0.1, 0.15) is 30.9 Å². The number of benzene rings is 2. The van der Waals surface area contributed by atoms with Gasteiger partial charge < -0.3 is 5.32 Å². The number of hydrogen-bond donors (Lipinski definition) is 1. The van der Waals surface area contributed by atoms with Crippen LogP contribution < -0.4 is 10.2 Å². The molecule has 0 radical (unpaired) electrons. The zero-order valence-electron chi connectivity index (χ0n) is 15.8. The number of amides is 2. The Balaban J connectivity index is 1.59. The molecule has 0 fully saturated rings. The molecular weight excluding hydrogens is 393 g/mol. The summed E-state index contributed by atoms with van der Waals surface area (Å²) in [5.74, 6) is 1.16. The Hall–Kier alpha value is -2.93. The summed E-state index contributed by atoms with van der Waals surface area (Å²) in [5, 5.41) is 8.02. The lowest BCUT2D eigenvalue weighted by molar-refractivity contribution is 0.256. The number of aromatic nitrogens is 3. The molecule has 3 aromatic rings. The van der Waals surface area contributed by atoms with Crippen LogP contribution >= 0.6 is 11.6 Å². The van der Waals surface area contributed by atoms with E-state index in [9.17, 15) is 9.18 Å². The van der Waals surface area contributed by atoms with Crippen molar-refractivity contribution in [3.8, 4) is 0 Å². The summed E-state index contributed by atoms with van der Waals surface area (Å²) in [7, 11) is 0.